The smallest absolute Gasteiger partial charge is 0.248 e. The first-order valence-electron chi connectivity index (χ1n) is 5.82. The van der Waals surface area contributed by atoms with Gasteiger partial charge in [-0.15, -0.1) is 0 Å². The zero-order valence-electron chi connectivity index (χ0n) is 10.3. The van der Waals surface area contributed by atoms with Gasteiger partial charge in [-0.25, -0.2) is 0 Å². The van der Waals surface area contributed by atoms with E-state index in [0.717, 1.165) is 11.3 Å². The molecule has 0 radical (unpaired) electrons. The van der Waals surface area contributed by atoms with Crippen LogP contribution in [-0.4, -0.2) is 5.91 Å². The predicted molar refractivity (Wildman–Crippen MR) is 73.4 cm³/mol. The van der Waals surface area contributed by atoms with Crippen molar-refractivity contribution < 1.29 is 4.79 Å². The van der Waals surface area contributed by atoms with Gasteiger partial charge in [0.25, 0.3) is 0 Å². The van der Waals surface area contributed by atoms with E-state index in [1.807, 2.05) is 18.2 Å². The molecule has 0 bridgehead atoms. The number of benzene rings is 2. The van der Waals surface area contributed by atoms with Crippen molar-refractivity contribution in [1.29, 1.82) is 5.26 Å². The summed E-state index contributed by atoms with van der Waals surface area (Å²) in [6.07, 6.45) is 0. The van der Waals surface area contributed by atoms with Crippen LogP contribution in [0.25, 0.3) is 0 Å². The van der Waals surface area contributed by atoms with Crippen molar-refractivity contribution in [2.75, 3.05) is 5.32 Å². The molecule has 4 heteroatoms. The minimum atomic E-state index is -0.437. The van der Waals surface area contributed by atoms with E-state index in [2.05, 4.69) is 11.4 Å². The third kappa shape index (κ3) is 3.33. The molecule has 0 heterocycles. The Morgan fingerprint density at radius 1 is 1.21 bits per heavy atom. The minimum Gasteiger partial charge on any atom is -0.381 e. The maximum absolute atomic E-state index is 10.9. The number of rotatable bonds is 4. The lowest BCUT2D eigenvalue weighted by atomic mass is 10.1. The highest BCUT2D eigenvalue weighted by Gasteiger charge is 2.00. The summed E-state index contributed by atoms with van der Waals surface area (Å²) in [5, 5.41) is 12.0. The first-order valence-corrected chi connectivity index (χ1v) is 5.82. The van der Waals surface area contributed by atoms with E-state index in [0.29, 0.717) is 17.7 Å². The topological polar surface area (TPSA) is 78.9 Å². The van der Waals surface area contributed by atoms with E-state index in [1.165, 1.54) is 0 Å². The lowest BCUT2D eigenvalue weighted by Gasteiger charge is -2.07. The van der Waals surface area contributed by atoms with Crippen molar-refractivity contribution >= 4 is 11.6 Å². The third-order valence-corrected chi connectivity index (χ3v) is 2.72. The summed E-state index contributed by atoms with van der Waals surface area (Å²) in [6.45, 7) is 0.617. The molecule has 2 aromatic carbocycles. The molecule has 0 aromatic heterocycles. The number of nitrogens with two attached hydrogens (primary N) is 1. The Bertz CT molecular complexity index is 627. The van der Waals surface area contributed by atoms with Crippen LogP contribution in [0.4, 0.5) is 5.69 Å². The number of carbonyl (C=O) groups excluding carboxylic acids is 1. The molecule has 0 atom stereocenters. The predicted octanol–water partition coefficient (Wildman–Crippen LogP) is 2.27. The normalized spacial score (nSPS) is 9.63. The Hall–Kier alpha value is -2.80. The number of nitrogens with one attached hydrogen (secondary N) is 1. The van der Waals surface area contributed by atoms with Crippen molar-refractivity contribution in [3.8, 4) is 6.07 Å². The number of primary amides is 1. The van der Waals surface area contributed by atoms with Crippen molar-refractivity contribution in [2.45, 2.75) is 6.54 Å². The van der Waals surface area contributed by atoms with Gasteiger partial charge in [-0.1, -0.05) is 12.1 Å². The van der Waals surface area contributed by atoms with Crippen LogP contribution in [0.5, 0.6) is 0 Å². The highest BCUT2D eigenvalue weighted by atomic mass is 16.1. The van der Waals surface area contributed by atoms with Gasteiger partial charge in [0.2, 0.25) is 5.91 Å². The van der Waals surface area contributed by atoms with E-state index < -0.39 is 5.91 Å². The number of amides is 1. The molecular weight excluding hydrogens is 238 g/mol. The third-order valence-electron chi connectivity index (χ3n) is 2.72. The highest BCUT2D eigenvalue weighted by Crippen LogP contribution is 2.11. The fraction of sp³-hybridized carbons (Fsp3) is 0.0667. The van der Waals surface area contributed by atoms with E-state index in [-0.39, 0.29) is 0 Å². The van der Waals surface area contributed by atoms with E-state index in [4.69, 9.17) is 11.0 Å². The Balaban J connectivity index is 2.02. The van der Waals surface area contributed by atoms with Crippen LogP contribution in [0, 0.1) is 11.3 Å². The molecule has 0 fully saturated rings. The van der Waals surface area contributed by atoms with E-state index in [9.17, 15) is 4.79 Å². The lowest BCUT2D eigenvalue weighted by Crippen LogP contribution is -2.10. The Morgan fingerprint density at radius 2 is 1.95 bits per heavy atom. The number of hydrogen-bond acceptors (Lipinski definition) is 3. The summed E-state index contributed by atoms with van der Waals surface area (Å²) in [5.41, 5.74) is 8.22. The van der Waals surface area contributed by atoms with Crippen molar-refractivity contribution in [3.63, 3.8) is 0 Å². The van der Waals surface area contributed by atoms with Crippen LogP contribution in [0.3, 0.4) is 0 Å². The molecule has 0 saturated carbocycles. The molecule has 4 nitrogen and oxygen atoms in total. The molecule has 0 spiro atoms. The van der Waals surface area contributed by atoms with Crippen LogP contribution < -0.4 is 11.1 Å². The molecule has 19 heavy (non-hydrogen) atoms. The van der Waals surface area contributed by atoms with E-state index in [1.54, 1.807) is 30.3 Å². The number of anilines is 1. The molecule has 1 amide bonds. The Kier molecular flexibility index (Phi) is 3.79. The van der Waals surface area contributed by atoms with Crippen LogP contribution >= 0.6 is 0 Å². The van der Waals surface area contributed by atoms with Gasteiger partial charge in [0.05, 0.1) is 11.6 Å². The first-order chi connectivity index (χ1) is 9.19. The monoisotopic (exact) mass is 251 g/mol. The van der Waals surface area contributed by atoms with Gasteiger partial charge in [-0.3, -0.25) is 4.79 Å². The molecule has 0 unspecified atom stereocenters. The fourth-order valence-corrected chi connectivity index (χ4v) is 1.71. The van der Waals surface area contributed by atoms with Gasteiger partial charge in [0.15, 0.2) is 0 Å². The number of nitriles is 1. The Morgan fingerprint density at radius 3 is 2.58 bits per heavy atom. The molecule has 2 aromatic rings. The standard InChI is InChI=1S/C15H13N3O/c16-9-11-2-1-3-12(8-11)10-18-14-6-4-13(5-7-14)15(17)19/h1-8,18H,10H2,(H2,17,19). The average Bonchev–Trinajstić information content (AvgIpc) is 2.46. The average molecular weight is 251 g/mol. The molecule has 2 rings (SSSR count). The van der Waals surface area contributed by atoms with Crippen LogP contribution in [-0.2, 0) is 6.54 Å². The summed E-state index contributed by atoms with van der Waals surface area (Å²) >= 11 is 0. The van der Waals surface area contributed by atoms with Crippen LogP contribution in [0.15, 0.2) is 48.5 Å². The van der Waals surface area contributed by atoms with Crippen molar-refractivity contribution in [1.82, 2.24) is 0 Å². The summed E-state index contributed by atoms with van der Waals surface area (Å²) in [7, 11) is 0. The fourth-order valence-electron chi connectivity index (χ4n) is 1.71. The second kappa shape index (κ2) is 5.69. The minimum absolute atomic E-state index is 0.437. The van der Waals surface area contributed by atoms with Gasteiger partial charge < -0.3 is 11.1 Å². The maximum atomic E-state index is 10.9. The second-order valence-corrected chi connectivity index (χ2v) is 4.11. The molecule has 0 aliphatic heterocycles. The van der Waals surface area contributed by atoms with Crippen LogP contribution in [0.1, 0.15) is 21.5 Å². The molecule has 3 N–H and O–H groups in total. The lowest BCUT2D eigenvalue weighted by molar-refractivity contribution is 0.100. The quantitative estimate of drug-likeness (QED) is 0.874. The largest absolute Gasteiger partial charge is 0.381 e. The molecule has 0 aliphatic carbocycles. The molecule has 0 aliphatic rings. The van der Waals surface area contributed by atoms with E-state index >= 15 is 0 Å². The first kappa shape index (κ1) is 12.7. The molecule has 0 saturated heterocycles. The van der Waals surface area contributed by atoms with Gasteiger partial charge in [-0.05, 0) is 42.0 Å². The zero-order chi connectivity index (χ0) is 13.7. The SMILES string of the molecule is N#Cc1cccc(CNc2ccc(C(N)=O)cc2)c1. The van der Waals surface area contributed by atoms with Gasteiger partial charge >= 0.3 is 0 Å². The summed E-state index contributed by atoms with van der Waals surface area (Å²) in [5.74, 6) is -0.437. The highest BCUT2D eigenvalue weighted by molar-refractivity contribution is 5.93. The summed E-state index contributed by atoms with van der Waals surface area (Å²) in [6, 6.07) is 16.5. The summed E-state index contributed by atoms with van der Waals surface area (Å²) < 4.78 is 0. The van der Waals surface area contributed by atoms with Gasteiger partial charge in [-0.2, -0.15) is 5.26 Å². The maximum Gasteiger partial charge on any atom is 0.248 e. The summed E-state index contributed by atoms with van der Waals surface area (Å²) in [4.78, 5) is 10.9. The number of carbonyl (C=O) groups is 1. The van der Waals surface area contributed by atoms with Gasteiger partial charge in [0.1, 0.15) is 0 Å². The Labute approximate surface area is 111 Å². The molecular formula is C15H13N3O. The van der Waals surface area contributed by atoms with Crippen LogP contribution in [0.2, 0.25) is 0 Å². The number of hydrogen-bond donors (Lipinski definition) is 2. The number of nitrogens with zero attached hydrogens (tertiary/aromatic N) is 1. The van der Waals surface area contributed by atoms with Gasteiger partial charge in [0, 0.05) is 17.8 Å². The van der Waals surface area contributed by atoms with Crippen molar-refractivity contribution in [2.24, 2.45) is 5.73 Å². The zero-order valence-corrected chi connectivity index (χ0v) is 10.3. The second-order valence-electron chi connectivity index (χ2n) is 4.11. The molecule has 94 valence electrons. The van der Waals surface area contributed by atoms with Crippen molar-refractivity contribution in [3.05, 3.63) is 65.2 Å².